The van der Waals surface area contributed by atoms with Gasteiger partial charge < -0.3 is 4.74 Å². The standard InChI is InChI=1S/C14H25NO2/c1-14(2,3)15-7-4-11(5-8-15)12-6-9-17-13(16)10-12/h11-12H,4-10H2,1-3H3. The number of hydrogen-bond donors (Lipinski definition) is 0. The molecule has 0 spiro atoms. The quantitative estimate of drug-likeness (QED) is 0.658. The molecular weight excluding hydrogens is 214 g/mol. The van der Waals surface area contributed by atoms with E-state index >= 15 is 0 Å². The zero-order valence-corrected chi connectivity index (χ0v) is 11.4. The second kappa shape index (κ2) is 4.97. The second-order valence-corrected chi connectivity index (χ2v) is 6.47. The van der Waals surface area contributed by atoms with Crippen LogP contribution < -0.4 is 0 Å². The minimum Gasteiger partial charge on any atom is -0.466 e. The van der Waals surface area contributed by atoms with E-state index in [4.69, 9.17) is 4.74 Å². The first-order valence-electron chi connectivity index (χ1n) is 6.87. The predicted octanol–water partition coefficient (Wildman–Crippen LogP) is 2.45. The van der Waals surface area contributed by atoms with Crippen molar-refractivity contribution in [3.63, 3.8) is 0 Å². The number of likely N-dealkylation sites (tertiary alicyclic amines) is 1. The predicted molar refractivity (Wildman–Crippen MR) is 67.7 cm³/mol. The van der Waals surface area contributed by atoms with Crippen molar-refractivity contribution in [2.45, 2.75) is 52.0 Å². The van der Waals surface area contributed by atoms with Gasteiger partial charge in [-0.1, -0.05) is 0 Å². The lowest BCUT2D eigenvalue weighted by atomic mass is 9.79. The molecule has 98 valence electrons. The molecule has 0 aromatic heterocycles. The summed E-state index contributed by atoms with van der Waals surface area (Å²) in [5.41, 5.74) is 0.288. The van der Waals surface area contributed by atoms with Gasteiger partial charge >= 0.3 is 5.97 Å². The number of nitrogens with zero attached hydrogens (tertiary/aromatic N) is 1. The molecule has 2 saturated heterocycles. The van der Waals surface area contributed by atoms with Gasteiger partial charge in [0, 0.05) is 12.0 Å². The third-order valence-corrected chi connectivity index (χ3v) is 4.34. The summed E-state index contributed by atoms with van der Waals surface area (Å²) in [5.74, 6) is 1.33. The average molecular weight is 239 g/mol. The summed E-state index contributed by atoms with van der Waals surface area (Å²) < 4.78 is 5.02. The molecule has 0 aromatic rings. The molecular formula is C14H25NO2. The summed E-state index contributed by atoms with van der Waals surface area (Å²) in [6.45, 7) is 9.85. The number of ether oxygens (including phenoxy) is 1. The highest BCUT2D eigenvalue weighted by molar-refractivity contribution is 5.70. The van der Waals surface area contributed by atoms with E-state index < -0.39 is 0 Å². The topological polar surface area (TPSA) is 29.5 Å². The summed E-state index contributed by atoms with van der Waals surface area (Å²) in [6, 6.07) is 0. The number of cyclic esters (lactones) is 1. The average Bonchev–Trinajstić information content (AvgIpc) is 2.28. The lowest BCUT2D eigenvalue weighted by Crippen LogP contribution is -2.47. The van der Waals surface area contributed by atoms with Crippen LogP contribution in [0.4, 0.5) is 0 Å². The third kappa shape index (κ3) is 3.21. The Labute approximate surface area is 105 Å². The second-order valence-electron chi connectivity index (χ2n) is 6.47. The molecule has 0 bridgehead atoms. The lowest BCUT2D eigenvalue weighted by molar-refractivity contribution is -0.150. The molecule has 2 aliphatic rings. The van der Waals surface area contributed by atoms with Crippen LogP contribution in [-0.4, -0.2) is 36.1 Å². The van der Waals surface area contributed by atoms with Gasteiger partial charge in [-0.05, 0) is 65.0 Å². The van der Waals surface area contributed by atoms with Crippen molar-refractivity contribution in [3.05, 3.63) is 0 Å². The summed E-state index contributed by atoms with van der Waals surface area (Å²) in [4.78, 5) is 13.9. The highest BCUT2D eigenvalue weighted by Gasteiger charge is 2.33. The number of carbonyl (C=O) groups excluding carboxylic acids is 1. The number of rotatable bonds is 1. The Bertz CT molecular complexity index is 274. The first-order valence-corrected chi connectivity index (χ1v) is 6.87. The van der Waals surface area contributed by atoms with Crippen molar-refractivity contribution in [1.29, 1.82) is 0 Å². The van der Waals surface area contributed by atoms with Crippen molar-refractivity contribution in [2.75, 3.05) is 19.7 Å². The first-order chi connectivity index (χ1) is 7.97. The number of hydrogen-bond acceptors (Lipinski definition) is 3. The Morgan fingerprint density at radius 3 is 2.29 bits per heavy atom. The van der Waals surface area contributed by atoms with Gasteiger partial charge in [0.15, 0.2) is 0 Å². The summed E-state index contributed by atoms with van der Waals surface area (Å²) in [5, 5.41) is 0. The first kappa shape index (κ1) is 12.9. The lowest BCUT2D eigenvalue weighted by Gasteiger charge is -2.43. The fourth-order valence-electron chi connectivity index (χ4n) is 3.14. The molecule has 0 amide bonds. The maximum absolute atomic E-state index is 11.3. The molecule has 0 saturated carbocycles. The molecule has 0 radical (unpaired) electrons. The Morgan fingerprint density at radius 1 is 1.12 bits per heavy atom. The van der Waals surface area contributed by atoms with Gasteiger partial charge in [-0.3, -0.25) is 9.69 Å². The van der Waals surface area contributed by atoms with Gasteiger partial charge in [0.2, 0.25) is 0 Å². The molecule has 1 atom stereocenters. The molecule has 2 heterocycles. The van der Waals surface area contributed by atoms with Crippen LogP contribution >= 0.6 is 0 Å². The molecule has 17 heavy (non-hydrogen) atoms. The molecule has 1 unspecified atom stereocenters. The van der Waals surface area contributed by atoms with Gasteiger partial charge in [-0.2, -0.15) is 0 Å². The van der Waals surface area contributed by atoms with E-state index in [-0.39, 0.29) is 11.5 Å². The molecule has 0 aliphatic carbocycles. The van der Waals surface area contributed by atoms with Gasteiger partial charge in [-0.15, -0.1) is 0 Å². The Balaban J connectivity index is 1.84. The fourth-order valence-corrected chi connectivity index (χ4v) is 3.14. The van der Waals surface area contributed by atoms with Crippen LogP contribution in [0.2, 0.25) is 0 Å². The smallest absolute Gasteiger partial charge is 0.306 e. The zero-order chi connectivity index (χ0) is 12.5. The van der Waals surface area contributed by atoms with Crippen molar-refractivity contribution in [1.82, 2.24) is 4.90 Å². The summed E-state index contributed by atoms with van der Waals surface area (Å²) >= 11 is 0. The number of esters is 1. The highest BCUT2D eigenvalue weighted by Crippen LogP contribution is 2.33. The maximum Gasteiger partial charge on any atom is 0.306 e. The van der Waals surface area contributed by atoms with E-state index in [1.807, 2.05) is 0 Å². The minimum atomic E-state index is 0.0134. The van der Waals surface area contributed by atoms with Crippen LogP contribution in [-0.2, 0) is 9.53 Å². The van der Waals surface area contributed by atoms with Crippen LogP contribution in [0.3, 0.4) is 0 Å². The molecule has 0 N–H and O–H groups in total. The van der Waals surface area contributed by atoms with Crippen LogP contribution in [0, 0.1) is 11.8 Å². The van der Waals surface area contributed by atoms with Crippen LogP contribution in [0.25, 0.3) is 0 Å². The molecule has 2 rings (SSSR count). The van der Waals surface area contributed by atoms with Crippen LogP contribution in [0.15, 0.2) is 0 Å². The van der Waals surface area contributed by atoms with E-state index in [1.54, 1.807) is 0 Å². The molecule has 3 nitrogen and oxygen atoms in total. The van der Waals surface area contributed by atoms with E-state index in [1.165, 1.54) is 25.9 Å². The Hall–Kier alpha value is -0.570. The van der Waals surface area contributed by atoms with Crippen molar-refractivity contribution >= 4 is 5.97 Å². The van der Waals surface area contributed by atoms with Crippen molar-refractivity contribution < 1.29 is 9.53 Å². The third-order valence-electron chi connectivity index (χ3n) is 4.34. The van der Waals surface area contributed by atoms with E-state index in [0.717, 1.165) is 12.3 Å². The SMILES string of the molecule is CC(C)(C)N1CCC(C2CCOC(=O)C2)CC1. The van der Waals surface area contributed by atoms with Crippen molar-refractivity contribution in [3.8, 4) is 0 Å². The maximum atomic E-state index is 11.3. The normalized spacial score (nSPS) is 29.1. The fraction of sp³-hybridized carbons (Fsp3) is 0.929. The summed E-state index contributed by atoms with van der Waals surface area (Å²) in [6.07, 6.45) is 4.22. The van der Waals surface area contributed by atoms with Crippen LogP contribution in [0.5, 0.6) is 0 Å². The highest BCUT2D eigenvalue weighted by atomic mass is 16.5. The van der Waals surface area contributed by atoms with Crippen LogP contribution in [0.1, 0.15) is 46.5 Å². The Morgan fingerprint density at radius 2 is 1.76 bits per heavy atom. The summed E-state index contributed by atoms with van der Waals surface area (Å²) in [7, 11) is 0. The molecule has 2 fully saturated rings. The zero-order valence-electron chi connectivity index (χ0n) is 11.4. The largest absolute Gasteiger partial charge is 0.466 e. The van der Waals surface area contributed by atoms with Gasteiger partial charge in [0.05, 0.1) is 6.61 Å². The monoisotopic (exact) mass is 239 g/mol. The van der Waals surface area contributed by atoms with E-state index in [2.05, 4.69) is 25.7 Å². The molecule has 3 heteroatoms. The van der Waals surface area contributed by atoms with Crippen molar-refractivity contribution in [2.24, 2.45) is 11.8 Å². The number of piperidine rings is 1. The van der Waals surface area contributed by atoms with Gasteiger partial charge in [0.1, 0.15) is 0 Å². The molecule has 0 aromatic carbocycles. The van der Waals surface area contributed by atoms with E-state index in [0.29, 0.717) is 18.9 Å². The number of carbonyl (C=O) groups is 1. The van der Waals surface area contributed by atoms with Gasteiger partial charge in [0.25, 0.3) is 0 Å². The minimum absolute atomic E-state index is 0.0134. The van der Waals surface area contributed by atoms with E-state index in [9.17, 15) is 4.79 Å². The Kier molecular flexibility index (Phi) is 3.76. The molecule has 2 aliphatic heterocycles. The van der Waals surface area contributed by atoms with Gasteiger partial charge in [-0.25, -0.2) is 0 Å².